The Morgan fingerprint density at radius 1 is 0.746 bits per heavy atom. The minimum absolute atomic E-state index is 0.0521. The van der Waals surface area contributed by atoms with Gasteiger partial charge in [-0.3, -0.25) is 24.2 Å². The van der Waals surface area contributed by atoms with E-state index < -0.39 is 23.6 Å². The Bertz CT molecular complexity index is 2470. The first-order valence-electron chi connectivity index (χ1n) is 22.0. The molecule has 0 unspecified atom stereocenters. The summed E-state index contributed by atoms with van der Waals surface area (Å²) in [6.45, 7) is 3.81. The van der Waals surface area contributed by atoms with Gasteiger partial charge in [0.25, 0.3) is 17.7 Å². The maximum Gasteiger partial charge on any atom is 0.416 e. The van der Waals surface area contributed by atoms with Crippen LogP contribution in [0.1, 0.15) is 73.4 Å². The predicted molar refractivity (Wildman–Crippen MR) is 250 cm³/mol. The molecule has 354 valence electrons. The fraction of sp³-hybridized carbons (Fsp3) is 0.340. The summed E-state index contributed by atoms with van der Waals surface area (Å²) >= 11 is 1.53. The average molecular weight is 942 g/mol. The summed E-state index contributed by atoms with van der Waals surface area (Å²) in [6, 6.07) is 28.4. The molecule has 13 nitrogen and oxygen atoms in total. The number of nitrogens with zero attached hydrogens (tertiary/aromatic N) is 3. The molecule has 0 bridgehead atoms. The van der Waals surface area contributed by atoms with Crippen LogP contribution in [0.15, 0.2) is 114 Å². The first kappa shape index (κ1) is 50.1. The van der Waals surface area contributed by atoms with Crippen molar-refractivity contribution in [3.63, 3.8) is 0 Å². The summed E-state index contributed by atoms with van der Waals surface area (Å²) in [7, 11) is 1.71. The van der Waals surface area contributed by atoms with Gasteiger partial charge in [-0.25, -0.2) is 0 Å². The van der Waals surface area contributed by atoms with Gasteiger partial charge in [0.1, 0.15) is 0 Å². The molecule has 1 aliphatic rings. The number of carboxylic acid groups (broad SMARTS) is 1. The van der Waals surface area contributed by atoms with E-state index in [0.717, 1.165) is 60.6 Å². The van der Waals surface area contributed by atoms with E-state index in [4.69, 9.17) is 19.3 Å². The Morgan fingerprint density at radius 2 is 1.43 bits per heavy atom. The monoisotopic (exact) mass is 941 g/mol. The molecule has 1 aromatic heterocycles. The van der Waals surface area contributed by atoms with Crippen molar-refractivity contribution < 1.29 is 51.7 Å². The van der Waals surface area contributed by atoms with E-state index >= 15 is 0 Å². The molecule has 0 aliphatic carbocycles. The van der Waals surface area contributed by atoms with E-state index in [1.165, 1.54) is 36.2 Å². The number of amides is 3. The first-order valence-corrected chi connectivity index (χ1v) is 23.0. The number of ether oxygens (including phenoxy) is 3. The van der Waals surface area contributed by atoms with Gasteiger partial charge in [-0.05, 0) is 103 Å². The zero-order valence-corrected chi connectivity index (χ0v) is 38.0. The number of thioether (sulfide) groups is 1. The molecule has 0 saturated carbocycles. The first-order chi connectivity index (χ1) is 32.3. The average Bonchev–Trinajstić information content (AvgIpc) is 3.34. The van der Waals surface area contributed by atoms with Crippen LogP contribution < -0.4 is 15.5 Å². The fourth-order valence-corrected chi connectivity index (χ4v) is 8.07. The van der Waals surface area contributed by atoms with Crippen molar-refractivity contribution in [3.8, 4) is 11.3 Å². The number of aromatic nitrogens is 1. The molecule has 0 atom stereocenters. The van der Waals surface area contributed by atoms with Crippen LogP contribution in [0.25, 0.3) is 11.3 Å². The Kier molecular flexibility index (Phi) is 18.7. The van der Waals surface area contributed by atoms with Gasteiger partial charge in [0.2, 0.25) is 0 Å². The highest BCUT2D eigenvalue weighted by atomic mass is 32.2. The second-order valence-corrected chi connectivity index (χ2v) is 16.8. The van der Waals surface area contributed by atoms with Crippen molar-refractivity contribution in [1.29, 1.82) is 0 Å². The minimum Gasteiger partial charge on any atom is -0.481 e. The highest BCUT2D eigenvalue weighted by molar-refractivity contribution is 7.98. The summed E-state index contributed by atoms with van der Waals surface area (Å²) in [5.74, 6) is -1.37. The number of likely N-dealkylation sites (N-methyl/N-ethyl adjacent to an activating group) is 1. The maximum atomic E-state index is 13.9. The third-order valence-corrected chi connectivity index (χ3v) is 11.8. The van der Waals surface area contributed by atoms with Crippen LogP contribution >= 0.6 is 11.8 Å². The third kappa shape index (κ3) is 15.7. The largest absolute Gasteiger partial charge is 0.481 e. The topological polar surface area (TPSA) is 160 Å². The number of aliphatic carboxylic acids is 1. The lowest BCUT2D eigenvalue weighted by Gasteiger charge is -2.29. The van der Waals surface area contributed by atoms with E-state index in [1.54, 1.807) is 30.1 Å². The number of hydrogen-bond acceptors (Lipinski definition) is 10. The molecule has 17 heteroatoms. The van der Waals surface area contributed by atoms with Crippen LogP contribution in [-0.2, 0) is 37.5 Å². The molecule has 1 fully saturated rings. The molecule has 1 saturated heterocycles. The van der Waals surface area contributed by atoms with Gasteiger partial charge in [0, 0.05) is 78.0 Å². The van der Waals surface area contributed by atoms with Gasteiger partial charge in [0.05, 0.1) is 63.0 Å². The van der Waals surface area contributed by atoms with Crippen molar-refractivity contribution in [2.75, 3.05) is 76.5 Å². The van der Waals surface area contributed by atoms with Crippen molar-refractivity contribution in [1.82, 2.24) is 15.2 Å². The lowest BCUT2D eigenvalue weighted by Crippen LogP contribution is -2.30. The lowest BCUT2D eigenvalue weighted by molar-refractivity contribution is -0.139. The summed E-state index contributed by atoms with van der Waals surface area (Å²) in [6.07, 6.45) is 0.187. The van der Waals surface area contributed by atoms with Crippen molar-refractivity contribution >= 4 is 46.8 Å². The number of pyridine rings is 1. The van der Waals surface area contributed by atoms with Crippen molar-refractivity contribution in [3.05, 3.63) is 143 Å². The van der Waals surface area contributed by atoms with E-state index in [2.05, 4.69) is 20.5 Å². The molecule has 0 radical (unpaired) electrons. The minimum atomic E-state index is -4.50. The van der Waals surface area contributed by atoms with E-state index in [1.807, 2.05) is 54.6 Å². The zero-order chi connectivity index (χ0) is 47.6. The molecule has 5 aromatic rings. The quantitative estimate of drug-likeness (QED) is 0.0424. The van der Waals surface area contributed by atoms with Crippen molar-refractivity contribution in [2.24, 2.45) is 0 Å². The van der Waals surface area contributed by atoms with Crippen LogP contribution in [-0.4, -0.2) is 105 Å². The van der Waals surface area contributed by atoms with E-state index in [0.29, 0.717) is 79.0 Å². The Labute approximate surface area is 392 Å². The molecule has 3 amide bonds. The van der Waals surface area contributed by atoms with Gasteiger partial charge < -0.3 is 39.8 Å². The second-order valence-electron chi connectivity index (χ2n) is 15.8. The van der Waals surface area contributed by atoms with Gasteiger partial charge in [0.15, 0.2) is 0 Å². The van der Waals surface area contributed by atoms with Gasteiger partial charge in [-0.15, -0.1) is 11.8 Å². The number of carbonyl (C=O) groups excluding carboxylic acids is 3. The highest BCUT2D eigenvalue weighted by Crippen LogP contribution is 2.34. The summed E-state index contributed by atoms with van der Waals surface area (Å²) in [4.78, 5) is 60.3. The van der Waals surface area contributed by atoms with E-state index in [-0.39, 0.29) is 37.0 Å². The molecule has 0 spiro atoms. The summed E-state index contributed by atoms with van der Waals surface area (Å²) < 4.78 is 56.0. The number of rotatable bonds is 23. The molecule has 1 aliphatic heterocycles. The van der Waals surface area contributed by atoms with Crippen molar-refractivity contribution in [2.45, 2.75) is 49.1 Å². The normalized spacial score (nSPS) is 12.7. The molecular formula is C50H54F3N5O8S. The van der Waals surface area contributed by atoms with Gasteiger partial charge in [-0.1, -0.05) is 30.3 Å². The number of halogens is 3. The van der Waals surface area contributed by atoms with E-state index in [9.17, 15) is 32.3 Å². The molecule has 3 N–H and O–H groups in total. The number of nitrogens with one attached hydrogen (secondary N) is 2. The highest BCUT2D eigenvalue weighted by Gasteiger charge is 2.30. The number of anilines is 2. The van der Waals surface area contributed by atoms with Crippen LogP contribution in [0, 0.1) is 0 Å². The van der Waals surface area contributed by atoms with Crippen LogP contribution in [0.5, 0.6) is 0 Å². The van der Waals surface area contributed by atoms with Crippen LogP contribution in [0.2, 0.25) is 0 Å². The molecular weight excluding hydrogens is 888 g/mol. The second kappa shape index (κ2) is 25.0. The SMILES string of the molecule is CN(CCOCCOCCOCCC(=O)O)C(=O)c1cccc(SCc2cccc(C(=O)Nc3ccc(N4CCCCC4)cc3-c3cc(C(=O)NCc4cccc(C(F)(F)F)c4)ccn3)c2)c1. The Hall–Kier alpha value is -6.27. The number of alkyl halides is 3. The number of piperidine rings is 1. The maximum absolute atomic E-state index is 13.9. The summed E-state index contributed by atoms with van der Waals surface area (Å²) in [5.41, 5.74) is 4.10. The van der Waals surface area contributed by atoms with Gasteiger partial charge >= 0.3 is 12.1 Å². The molecule has 67 heavy (non-hydrogen) atoms. The number of carboxylic acids is 1. The van der Waals surface area contributed by atoms with Crippen LogP contribution in [0.4, 0.5) is 24.5 Å². The smallest absolute Gasteiger partial charge is 0.416 e. The Balaban J connectivity index is 1.05. The fourth-order valence-electron chi connectivity index (χ4n) is 7.17. The molecule has 6 rings (SSSR count). The zero-order valence-electron chi connectivity index (χ0n) is 37.2. The molecule has 2 heterocycles. The summed E-state index contributed by atoms with van der Waals surface area (Å²) in [5, 5.41) is 14.4. The molecule has 4 aromatic carbocycles. The number of hydrogen-bond donors (Lipinski definition) is 3. The number of carbonyl (C=O) groups is 4. The van der Waals surface area contributed by atoms with Crippen LogP contribution in [0.3, 0.4) is 0 Å². The number of benzene rings is 4. The lowest BCUT2D eigenvalue weighted by atomic mass is 10.0. The third-order valence-electron chi connectivity index (χ3n) is 10.8. The Morgan fingerprint density at radius 3 is 2.19 bits per heavy atom. The standard InChI is InChI=1S/C50H54F3N5O8S/c1-57(21-23-65-25-27-66-26-24-64-22-17-46(59)60)49(63)39-11-7-13-42(30-39)67-34-36-9-5-10-37(28-36)48(62)56-44-15-14-41(58-19-3-2-4-20-58)32-43(44)45-31-38(16-18-54-45)47(61)55-33-35-8-6-12-40(29-35)50(51,52)53/h5-16,18,28-32H,2-4,17,19-27,33-34H2,1H3,(H,55,61)(H,56,62)(H,59,60). The predicted octanol–water partition coefficient (Wildman–Crippen LogP) is 8.83. The van der Waals surface area contributed by atoms with Gasteiger partial charge in [-0.2, -0.15) is 13.2 Å².